The second kappa shape index (κ2) is 7.71. The minimum Gasteiger partial charge on any atom is -0.303 e. The van der Waals surface area contributed by atoms with Gasteiger partial charge in [0.2, 0.25) is 0 Å². The number of rotatable bonds is 5. The second-order valence-corrected chi connectivity index (χ2v) is 9.00. The standard InChI is InChI=1S/C17H30NO5P/c1-13-10-11-18(15(12-13)14-8-6-5-7-9-14)22-16(17(2,3)4)23-24(19,20)21/h10,12,14,16H,5-9,11H2,1-4H3,(H2,19,20,21). The van der Waals surface area contributed by atoms with Crippen LogP contribution in [0, 0.1) is 11.3 Å². The summed E-state index contributed by atoms with van der Waals surface area (Å²) in [5.41, 5.74) is 1.71. The Labute approximate surface area is 144 Å². The Bertz CT molecular complexity index is 540. The normalized spacial score (nSPS) is 22.2. The Hall–Kier alpha value is -0.650. The highest BCUT2D eigenvalue weighted by Gasteiger charge is 2.36. The fourth-order valence-corrected chi connectivity index (χ4v) is 3.70. The van der Waals surface area contributed by atoms with Gasteiger partial charge in [0.05, 0.1) is 6.54 Å². The molecule has 1 aliphatic heterocycles. The van der Waals surface area contributed by atoms with Gasteiger partial charge in [0.1, 0.15) is 0 Å². The van der Waals surface area contributed by atoms with E-state index in [0.29, 0.717) is 12.5 Å². The maximum absolute atomic E-state index is 11.3. The average Bonchev–Trinajstić information content (AvgIpc) is 2.47. The van der Waals surface area contributed by atoms with Crippen molar-refractivity contribution in [3.63, 3.8) is 0 Å². The van der Waals surface area contributed by atoms with E-state index in [9.17, 15) is 14.4 Å². The Balaban J connectivity index is 2.17. The third-order valence-electron chi connectivity index (χ3n) is 4.43. The first kappa shape index (κ1) is 19.7. The zero-order chi connectivity index (χ0) is 18.0. The molecule has 1 heterocycles. The van der Waals surface area contributed by atoms with E-state index < -0.39 is 19.5 Å². The van der Waals surface area contributed by atoms with Crippen LogP contribution in [0.3, 0.4) is 0 Å². The van der Waals surface area contributed by atoms with Crippen molar-refractivity contribution in [1.82, 2.24) is 5.06 Å². The van der Waals surface area contributed by atoms with Gasteiger partial charge in [-0.2, -0.15) is 0 Å². The van der Waals surface area contributed by atoms with Gasteiger partial charge in [0.15, 0.2) is 6.29 Å². The minimum absolute atomic E-state index is 0.429. The highest BCUT2D eigenvalue weighted by molar-refractivity contribution is 7.46. The quantitative estimate of drug-likeness (QED) is 0.568. The van der Waals surface area contributed by atoms with Crippen molar-refractivity contribution in [3.8, 4) is 0 Å². The molecule has 0 spiro atoms. The summed E-state index contributed by atoms with van der Waals surface area (Å²) in [5, 5.41) is 1.76. The van der Waals surface area contributed by atoms with Gasteiger partial charge in [-0.25, -0.2) is 9.40 Å². The van der Waals surface area contributed by atoms with E-state index in [0.717, 1.165) is 18.5 Å². The molecular formula is C17H30NO5P. The zero-order valence-corrected chi connectivity index (χ0v) is 16.0. The largest absolute Gasteiger partial charge is 0.472 e. The summed E-state index contributed by atoms with van der Waals surface area (Å²) in [5.74, 6) is 0.429. The van der Waals surface area contributed by atoms with Gasteiger partial charge in [-0.05, 0) is 25.8 Å². The van der Waals surface area contributed by atoms with Crippen molar-refractivity contribution in [3.05, 3.63) is 23.4 Å². The third-order valence-corrected chi connectivity index (χ3v) is 4.90. The molecule has 2 N–H and O–H groups in total. The van der Waals surface area contributed by atoms with Crippen LogP contribution in [0.1, 0.15) is 59.8 Å². The molecule has 0 aromatic carbocycles. The first-order chi connectivity index (χ1) is 11.1. The maximum atomic E-state index is 11.3. The van der Waals surface area contributed by atoms with Crippen LogP contribution in [0.2, 0.25) is 0 Å². The van der Waals surface area contributed by atoms with Crippen LogP contribution in [0.4, 0.5) is 0 Å². The van der Waals surface area contributed by atoms with Gasteiger partial charge in [-0.1, -0.05) is 51.7 Å². The van der Waals surface area contributed by atoms with Crippen molar-refractivity contribution in [2.75, 3.05) is 6.54 Å². The van der Waals surface area contributed by atoms with E-state index in [2.05, 4.69) is 13.0 Å². The lowest BCUT2D eigenvalue weighted by molar-refractivity contribution is -0.273. The molecule has 0 amide bonds. The zero-order valence-electron chi connectivity index (χ0n) is 15.1. The van der Waals surface area contributed by atoms with E-state index in [-0.39, 0.29) is 0 Å². The fraction of sp³-hybridized carbons (Fsp3) is 0.765. The summed E-state index contributed by atoms with van der Waals surface area (Å²) in [7, 11) is -4.64. The number of phosphoric acid groups is 1. The van der Waals surface area contributed by atoms with Crippen molar-refractivity contribution in [2.24, 2.45) is 11.3 Å². The van der Waals surface area contributed by atoms with Crippen LogP contribution in [0.25, 0.3) is 0 Å². The van der Waals surface area contributed by atoms with Gasteiger partial charge in [0.25, 0.3) is 0 Å². The number of hydrogen-bond donors (Lipinski definition) is 2. The predicted molar refractivity (Wildman–Crippen MR) is 92.6 cm³/mol. The van der Waals surface area contributed by atoms with E-state index in [1.165, 1.54) is 24.8 Å². The Morgan fingerprint density at radius 3 is 2.42 bits per heavy atom. The molecule has 0 aromatic heterocycles. The summed E-state index contributed by atoms with van der Waals surface area (Å²) in [6.45, 7) is 8.13. The van der Waals surface area contributed by atoms with Crippen LogP contribution in [-0.4, -0.2) is 27.7 Å². The molecule has 1 fully saturated rings. The first-order valence-electron chi connectivity index (χ1n) is 8.63. The van der Waals surface area contributed by atoms with Crippen molar-refractivity contribution in [2.45, 2.75) is 66.1 Å². The molecule has 2 aliphatic rings. The molecule has 7 heteroatoms. The first-order valence-corrected chi connectivity index (χ1v) is 10.2. The molecule has 0 saturated heterocycles. The average molecular weight is 359 g/mol. The van der Waals surface area contributed by atoms with Crippen LogP contribution in [0.15, 0.2) is 23.4 Å². The van der Waals surface area contributed by atoms with Crippen LogP contribution >= 0.6 is 7.82 Å². The lowest BCUT2D eigenvalue weighted by atomic mass is 9.85. The molecule has 138 valence electrons. The lowest BCUT2D eigenvalue weighted by Crippen LogP contribution is -2.40. The van der Waals surface area contributed by atoms with Crippen molar-refractivity contribution in [1.29, 1.82) is 0 Å². The number of allylic oxidation sites excluding steroid dienone is 3. The van der Waals surface area contributed by atoms with Gasteiger partial charge >= 0.3 is 7.82 Å². The molecule has 1 aliphatic carbocycles. The SMILES string of the molecule is CC1=CCN(OC(OP(=O)(O)O)C(C)(C)C)C(C2CCCCC2)=C1. The smallest absolute Gasteiger partial charge is 0.303 e. The molecule has 0 radical (unpaired) electrons. The summed E-state index contributed by atoms with van der Waals surface area (Å²) >= 11 is 0. The summed E-state index contributed by atoms with van der Waals surface area (Å²) in [4.78, 5) is 24.4. The number of hydrogen-bond acceptors (Lipinski definition) is 4. The highest BCUT2D eigenvalue weighted by Crippen LogP contribution is 2.43. The minimum atomic E-state index is -4.64. The van der Waals surface area contributed by atoms with Crippen LogP contribution in [0.5, 0.6) is 0 Å². The monoisotopic (exact) mass is 359 g/mol. The fourth-order valence-electron chi connectivity index (χ4n) is 3.10. The summed E-state index contributed by atoms with van der Waals surface area (Å²) < 4.78 is 16.2. The predicted octanol–water partition coefficient (Wildman–Crippen LogP) is 4.13. The van der Waals surface area contributed by atoms with Crippen LogP contribution < -0.4 is 0 Å². The number of nitrogens with zero attached hydrogens (tertiary/aromatic N) is 1. The van der Waals surface area contributed by atoms with Crippen molar-refractivity contribution >= 4 is 7.82 Å². The van der Waals surface area contributed by atoms with Gasteiger partial charge in [-0.3, -0.25) is 9.59 Å². The number of phosphoric ester groups is 1. The highest BCUT2D eigenvalue weighted by atomic mass is 31.2. The second-order valence-electron chi connectivity index (χ2n) is 7.81. The maximum Gasteiger partial charge on any atom is 0.472 e. The molecule has 2 rings (SSSR count). The molecule has 1 atom stereocenters. The van der Waals surface area contributed by atoms with Crippen molar-refractivity contribution < 1.29 is 23.7 Å². The van der Waals surface area contributed by atoms with E-state index in [1.54, 1.807) is 5.06 Å². The lowest BCUT2D eigenvalue weighted by Gasteiger charge is -2.39. The van der Waals surface area contributed by atoms with Gasteiger partial charge in [0, 0.05) is 17.0 Å². The Morgan fingerprint density at radius 1 is 1.25 bits per heavy atom. The van der Waals surface area contributed by atoms with E-state index in [4.69, 9.17) is 9.36 Å². The molecule has 1 unspecified atom stereocenters. The molecular weight excluding hydrogens is 329 g/mol. The third kappa shape index (κ3) is 5.71. The van der Waals surface area contributed by atoms with Gasteiger partial charge < -0.3 is 9.79 Å². The molecule has 1 saturated carbocycles. The van der Waals surface area contributed by atoms with E-state index >= 15 is 0 Å². The Kier molecular flexibility index (Phi) is 6.32. The summed E-state index contributed by atoms with van der Waals surface area (Å²) in [6.07, 6.45) is 9.07. The van der Waals surface area contributed by atoms with Gasteiger partial charge in [-0.15, -0.1) is 0 Å². The topological polar surface area (TPSA) is 79.2 Å². The molecule has 6 nitrogen and oxygen atoms in total. The summed E-state index contributed by atoms with van der Waals surface area (Å²) in [6, 6.07) is 0. The van der Waals surface area contributed by atoms with Crippen LogP contribution in [-0.2, 0) is 13.9 Å². The van der Waals surface area contributed by atoms with E-state index in [1.807, 2.05) is 26.8 Å². The molecule has 24 heavy (non-hydrogen) atoms. The Morgan fingerprint density at radius 2 is 1.88 bits per heavy atom. The number of hydroxylamine groups is 2. The molecule has 0 aromatic rings. The molecule has 0 bridgehead atoms.